The van der Waals surface area contributed by atoms with E-state index in [1.54, 1.807) is 0 Å². The third-order valence-electron chi connectivity index (χ3n) is 0.798. The minimum Gasteiger partial charge on any atom is -0.594 e. The summed E-state index contributed by atoms with van der Waals surface area (Å²) in [7, 11) is 0. The van der Waals surface area contributed by atoms with E-state index in [9.17, 15) is 10.1 Å². The Labute approximate surface area is 49.4 Å². The molecule has 0 radical (unpaired) electrons. The summed E-state index contributed by atoms with van der Waals surface area (Å²) < 4.78 is 0. The first-order chi connectivity index (χ1) is 4.24. The highest BCUT2D eigenvalue weighted by atomic mass is 16.6. The summed E-state index contributed by atoms with van der Waals surface area (Å²) in [6.07, 6.45) is 1.76. The Morgan fingerprint density at radius 2 is 2.56 bits per heavy atom. The quantitative estimate of drug-likeness (QED) is 0.246. The van der Waals surface area contributed by atoms with Gasteiger partial charge < -0.3 is 10.4 Å². The van der Waals surface area contributed by atoms with Crippen molar-refractivity contribution in [2.75, 3.05) is 0 Å². The van der Waals surface area contributed by atoms with Gasteiger partial charge >= 0.3 is 0 Å². The van der Waals surface area contributed by atoms with Gasteiger partial charge in [-0.2, -0.15) is 0 Å². The summed E-state index contributed by atoms with van der Waals surface area (Å²) in [6.45, 7) is 0. The van der Waals surface area contributed by atoms with Gasteiger partial charge in [0, 0.05) is 4.85 Å². The summed E-state index contributed by atoms with van der Waals surface area (Å²) in [5, 5.41) is 21.1. The van der Waals surface area contributed by atoms with Crippen LogP contribution < -0.4 is 4.85 Å². The lowest BCUT2D eigenvalue weighted by Crippen LogP contribution is -2.34. The van der Waals surface area contributed by atoms with E-state index in [2.05, 4.69) is 5.18 Å². The molecule has 0 spiro atoms. The largest absolute Gasteiger partial charge is 0.594 e. The molecule has 1 aromatic rings. The normalized spacial score (nSPS) is 9.33. The van der Waals surface area contributed by atoms with E-state index in [0.717, 1.165) is 12.4 Å². The summed E-state index contributed by atoms with van der Waals surface area (Å²) in [6, 6.07) is 0. The molecule has 0 aliphatic heterocycles. The Balaban J connectivity index is 3.11. The van der Waals surface area contributed by atoms with Crippen LogP contribution in [0.5, 0.6) is 0 Å². The molecule has 0 aliphatic carbocycles. The second-order valence-corrected chi connectivity index (χ2v) is 1.40. The second-order valence-electron chi connectivity index (χ2n) is 1.40. The van der Waals surface area contributed by atoms with Crippen LogP contribution in [-0.4, -0.2) is 10.1 Å². The predicted molar refractivity (Wildman–Crippen MR) is 26.0 cm³/mol. The van der Waals surface area contributed by atoms with E-state index in [0.29, 0.717) is 0 Å². The highest BCUT2D eigenvalue weighted by Crippen LogP contribution is 2.04. The van der Waals surface area contributed by atoms with Gasteiger partial charge in [0.15, 0.2) is 0 Å². The molecule has 1 N–H and O–H groups in total. The molecule has 6 heteroatoms. The lowest BCUT2D eigenvalue weighted by Gasteiger charge is -1.88. The number of hydrogen-bond acceptors (Lipinski definition) is 4. The maximum atomic E-state index is 10.2. The zero-order chi connectivity index (χ0) is 6.85. The smallest absolute Gasteiger partial charge is 0.242 e. The van der Waals surface area contributed by atoms with E-state index in [4.69, 9.17) is 5.21 Å². The molecule has 0 saturated carbocycles. The lowest BCUT2D eigenvalue weighted by molar-refractivity contribution is -0.725. The molecule has 0 unspecified atom stereocenters. The Hall–Kier alpha value is -1.59. The number of hydrogen-bond donors (Lipinski definition) is 1. The Bertz CT molecular complexity index is 211. The zero-order valence-electron chi connectivity index (χ0n) is 4.26. The molecule has 0 fully saturated rings. The van der Waals surface area contributed by atoms with Gasteiger partial charge in [0.1, 0.15) is 6.20 Å². The summed E-state index contributed by atoms with van der Waals surface area (Å²) in [4.78, 5) is 9.94. The molecule has 1 aromatic heterocycles. The third kappa shape index (κ3) is 0.809. The number of nitroso groups, excluding NO2 is 1. The Morgan fingerprint density at radius 3 is 2.78 bits per heavy atom. The molecule has 0 saturated heterocycles. The first-order valence-corrected chi connectivity index (χ1v) is 2.08. The van der Waals surface area contributed by atoms with Crippen molar-refractivity contribution in [1.29, 1.82) is 0 Å². The van der Waals surface area contributed by atoms with Crippen molar-refractivity contribution in [3.05, 3.63) is 22.5 Å². The van der Waals surface area contributed by atoms with E-state index in [1.807, 2.05) is 0 Å². The number of nitrogens with zero attached hydrogens (tertiary/aromatic N) is 3. The topological polar surface area (TPSA) is 81.5 Å². The summed E-state index contributed by atoms with van der Waals surface area (Å²) in [5.74, 6) is 0. The van der Waals surface area contributed by atoms with E-state index in [-0.39, 0.29) is 15.4 Å². The molecular weight excluding hydrogens is 126 g/mol. The molecule has 1 heterocycles. The molecule has 9 heavy (non-hydrogen) atoms. The van der Waals surface area contributed by atoms with E-state index < -0.39 is 0 Å². The number of aromatic nitrogens is 2. The van der Waals surface area contributed by atoms with Crippen LogP contribution >= 0.6 is 0 Å². The molecule has 0 aliphatic rings. The van der Waals surface area contributed by atoms with Gasteiger partial charge in [0.2, 0.25) is 11.9 Å². The van der Waals surface area contributed by atoms with Crippen molar-refractivity contribution >= 4 is 5.69 Å². The average molecular weight is 129 g/mol. The van der Waals surface area contributed by atoms with Crippen LogP contribution in [-0.2, 0) is 0 Å². The highest BCUT2D eigenvalue weighted by Gasteiger charge is 2.04. The number of rotatable bonds is 1. The van der Waals surface area contributed by atoms with Crippen LogP contribution in [0.2, 0.25) is 0 Å². The van der Waals surface area contributed by atoms with Crippen LogP contribution in [0.25, 0.3) is 0 Å². The monoisotopic (exact) mass is 129 g/mol. The van der Waals surface area contributed by atoms with Crippen molar-refractivity contribution in [1.82, 2.24) is 4.85 Å². The van der Waals surface area contributed by atoms with Crippen molar-refractivity contribution in [2.45, 2.75) is 0 Å². The van der Waals surface area contributed by atoms with Gasteiger partial charge in [-0.05, 0) is 10.0 Å². The van der Waals surface area contributed by atoms with Gasteiger partial charge in [-0.15, -0.1) is 4.91 Å². The SMILES string of the molecule is O=Nc1cn(O)[n+]([O-])c1. The van der Waals surface area contributed by atoms with E-state index >= 15 is 0 Å². The third-order valence-corrected chi connectivity index (χ3v) is 0.798. The van der Waals surface area contributed by atoms with Crippen LogP contribution in [0.1, 0.15) is 0 Å². The average Bonchev–Trinajstić information content (AvgIpc) is 2.13. The standard InChI is InChI=1S/C3H3N3O3/c7-4-3-1-5(8)6(9)2-3/h1-2,8H. The fourth-order valence-corrected chi connectivity index (χ4v) is 0.428. The van der Waals surface area contributed by atoms with Crippen molar-refractivity contribution in [2.24, 2.45) is 5.18 Å². The van der Waals surface area contributed by atoms with Crippen LogP contribution in [0.15, 0.2) is 17.6 Å². The van der Waals surface area contributed by atoms with Gasteiger partial charge in [-0.1, -0.05) is 0 Å². The zero-order valence-corrected chi connectivity index (χ0v) is 4.26. The predicted octanol–water partition coefficient (Wildman–Crippen LogP) is -0.243. The van der Waals surface area contributed by atoms with Crippen molar-refractivity contribution < 1.29 is 10.1 Å². The summed E-state index contributed by atoms with van der Waals surface area (Å²) in [5.41, 5.74) is -0.104. The van der Waals surface area contributed by atoms with Gasteiger partial charge in [0.25, 0.3) is 0 Å². The first kappa shape index (κ1) is 5.54. The van der Waals surface area contributed by atoms with Gasteiger partial charge in [0.05, 0.1) is 0 Å². The molecule has 0 amide bonds. The van der Waals surface area contributed by atoms with Crippen LogP contribution in [0.4, 0.5) is 5.69 Å². The lowest BCUT2D eigenvalue weighted by atomic mass is 10.6. The molecule has 0 bridgehead atoms. The maximum absolute atomic E-state index is 10.2. The molecule has 0 atom stereocenters. The molecule has 48 valence electrons. The summed E-state index contributed by atoms with van der Waals surface area (Å²) >= 11 is 0. The molecule has 0 aromatic carbocycles. The fourth-order valence-electron chi connectivity index (χ4n) is 0.428. The van der Waals surface area contributed by atoms with Crippen LogP contribution in [0, 0.1) is 10.1 Å². The molecular formula is C3H3N3O3. The minimum absolute atomic E-state index is 0.0801. The van der Waals surface area contributed by atoms with Crippen LogP contribution in [0.3, 0.4) is 0 Å². The van der Waals surface area contributed by atoms with Crippen molar-refractivity contribution in [3.8, 4) is 0 Å². The van der Waals surface area contributed by atoms with Crippen molar-refractivity contribution in [3.63, 3.8) is 0 Å². The first-order valence-electron chi connectivity index (χ1n) is 2.08. The second kappa shape index (κ2) is 1.73. The van der Waals surface area contributed by atoms with Gasteiger partial charge in [-0.3, -0.25) is 0 Å². The Morgan fingerprint density at radius 1 is 1.89 bits per heavy atom. The fraction of sp³-hybridized carbons (Fsp3) is 0. The molecule has 6 nitrogen and oxygen atoms in total. The maximum Gasteiger partial charge on any atom is 0.242 e. The molecule has 1 rings (SSSR count). The Kier molecular flexibility index (Phi) is 1.07. The minimum atomic E-state index is -0.104. The van der Waals surface area contributed by atoms with E-state index in [1.165, 1.54) is 0 Å². The highest BCUT2D eigenvalue weighted by molar-refractivity contribution is 5.26. The van der Waals surface area contributed by atoms with Gasteiger partial charge in [-0.25, -0.2) is 0 Å².